The zero-order valence-electron chi connectivity index (χ0n) is 10.5. The van der Waals surface area contributed by atoms with Gasteiger partial charge in [-0.1, -0.05) is 6.42 Å². The van der Waals surface area contributed by atoms with Gasteiger partial charge in [0.15, 0.2) is 0 Å². The minimum absolute atomic E-state index is 0.233. The van der Waals surface area contributed by atoms with E-state index in [9.17, 15) is 4.79 Å². The Morgan fingerprint density at radius 2 is 1.71 bits per heavy atom. The van der Waals surface area contributed by atoms with Crippen LogP contribution in [0.1, 0.15) is 38.5 Å². The van der Waals surface area contributed by atoms with E-state index >= 15 is 0 Å². The summed E-state index contributed by atoms with van der Waals surface area (Å²) >= 11 is 5.61. The summed E-state index contributed by atoms with van der Waals surface area (Å²) in [6.07, 6.45) is 6.89. The van der Waals surface area contributed by atoms with E-state index in [2.05, 4.69) is 4.90 Å². The molecule has 2 heterocycles. The van der Waals surface area contributed by atoms with Crippen LogP contribution in [0.2, 0.25) is 0 Å². The molecule has 98 valence electrons. The quantitative estimate of drug-likeness (QED) is 0.724. The van der Waals surface area contributed by atoms with Gasteiger partial charge in [-0.15, -0.1) is 11.6 Å². The standard InChI is InChI=1S/C13H23ClN2O/c14-7-4-13(17)16-10-5-12(6-11-16)15-8-2-1-3-9-15/h12H,1-11H2. The Hall–Kier alpha value is -0.280. The van der Waals surface area contributed by atoms with E-state index in [1.54, 1.807) is 0 Å². The van der Waals surface area contributed by atoms with Crippen LogP contribution in [-0.4, -0.2) is 53.8 Å². The molecular formula is C13H23ClN2O. The number of nitrogens with zero attached hydrogens (tertiary/aromatic N) is 2. The van der Waals surface area contributed by atoms with Crippen molar-refractivity contribution in [2.24, 2.45) is 0 Å². The number of alkyl halides is 1. The molecule has 1 amide bonds. The second-order valence-electron chi connectivity index (χ2n) is 5.15. The van der Waals surface area contributed by atoms with Gasteiger partial charge in [0.05, 0.1) is 0 Å². The summed E-state index contributed by atoms with van der Waals surface area (Å²) in [6.45, 7) is 4.38. The third-order valence-electron chi connectivity index (χ3n) is 4.03. The number of amides is 1. The van der Waals surface area contributed by atoms with Gasteiger partial charge in [0.25, 0.3) is 0 Å². The number of piperidine rings is 2. The number of carbonyl (C=O) groups excluding carboxylic acids is 1. The van der Waals surface area contributed by atoms with Crippen molar-refractivity contribution in [3.63, 3.8) is 0 Å². The van der Waals surface area contributed by atoms with Crippen LogP contribution in [0.25, 0.3) is 0 Å². The fourth-order valence-electron chi connectivity index (χ4n) is 3.00. The van der Waals surface area contributed by atoms with Crippen LogP contribution in [0.15, 0.2) is 0 Å². The minimum atomic E-state index is 0.233. The molecule has 0 aliphatic carbocycles. The number of hydrogen-bond acceptors (Lipinski definition) is 2. The Kier molecular flexibility index (Phi) is 5.11. The summed E-state index contributed by atoms with van der Waals surface area (Å²) in [7, 11) is 0. The van der Waals surface area contributed by atoms with Crippen LogP contribution in [0.4, 0.5) is 0 Å². The third kappa shape index (κ3) is 3.59. The molecule has 2 fully saturated rings. The predicted molar refractivity (Wildman–Crippen MR) is 70.4 cm³/mol. The lowest BCUT2D eigenvalue weighted by atomic mass is 10.00. The van der Waals surface area contributed by atoms with Crippen LogP contribution in [0, 0.1) is 0 Å². The van der Waals surface area contributed by atoms with E-state index in [-0.39, 0.29) is 5.91 Å². The fraction of sp³-hybridized carbons (Fsp3) is 0.923. The Balaban J connectivity index is 1.75. The summed E-state index contributed by atoms with van der Waals surface area (Å²) < 4.78 is 0. The van der Waals surface area contributed by atoms with E-state index in [1.807, 2.05) is 4.90 Å². The summed E-state index contributed by atoms with van der Waals surface area (Å²) in [5, 5.41) is 0. The Labute approximate surface area is 109 Å². The molecule has 0 N–H and O–H groups in total. The van der Waals surface area contributed by atoms with Gasteiger partial charge < -0.3 is 9.80 Å². The molecule has 0 radical (unpaired) electrons. The normalized spacial score (nSPS) is 23.9. The summed E-state index contributed by atoms with van der Waals surface area (Å²) in [4.78, 5) is 16.3. The molecule has 2 aliphatic rings. The first-order valence-corrected chi connectivity index (χ1v) is 7.42. The van der Waals surface area contributed by atoms with Crippen molar-refractivity contribution in [3.05, 3.63) is 0 Å². The molecular weight excluding hydrogens is 236 g/mol. The largest absolute Gasteiger partial charge is 0.343 e. The molecule has 2 rings (SSSR count). The van der Waals surface area contributed by atoms with Crippen molar-refractivity contribution in [1.29, 1.82) is 0 Å². The number of hydrogen-bond donors (Lipinski definition) is 0. The average molecular weight is 259 g/mol. The lowest BCUT2D eigenvalue weighted by Crippen LogP contribution is -2.48. The lowest BCUT2D eigenvalue weighted by molar-refractivity contribution is -0.132. The van der Waals surface area contributed by atoms with Crippen molar-refractivity contribution < 1.29 is 4.79 Å². The van der Waals surface area contributed by atoms with Gasteiger partial charge in [-0.2, -0.15) is 0 Å². The van der Waals surface area contributed by atoms with Gasteiger partial charge in [0.1, 0.15) is 0 Å². The number of carbonyl (C=O) groups is 1. The molecule has 0 unspecified atom stereocenters. The maximum atomic E-state index is 11.7. The molecule has 2 aliphatic heterocycles. The molecule has 0 saturated carbocycles. The molecule has 4 heteroatoms. The van der Waals surface area contributed by atoms with Crippen molar-refractivity contribution in [1.82, 2.24) is 9.80 Å². The first-order valence-electron chi connectivity index (χ1n) is 6.89. The molecule has 2 saturated heterocycles. The topological polar surface area (TPSA) is 23.6 Å². The van der Waals surface area contributed by atoms with Crippen LogP contribution >= 0.6 is 11.6 Å². The highest BCUT2D eigenvalue weighted by Gasteiger charge is 2.27. The molecule has 0 aromatic heterocycles. The molecule has 0 aromatic rings. The Morgan fingerprint density at radius 3 is 2.29 bits per heavy atom. The van der Waals surface area contributed by atoms with E-state index < -0.39 is 0 Å². The molecule has 0 atom stereocenters. The van der Waals surface area contributed by atoms with Crippen LogP contribution in [0.5, 0.6) is 0 Å². The Bertz CT molecular complexity index is 246. The summed E-state index contributed by atoms with van der Waals surface area (Å²) in [5.74, 6) is 0.683. The molecule has 0 aromatic carbocycles. The second kappa shape index (κ2) is 6.60. The summed E-state index contributed by atoms with van der Waals surface area (Å²) in [6, 6.07) is 0.718. The van der Waals surface area contributed by atoms with Crippen molar-refractivity contribution >= 4 is 17.5 Å². The maximum absolute atomic E-state index is 11.7. The van der Waals surface area contributed by atoms with Gasteiger partial charge in [-0.25, -0.2) is 0 Å². The molecule has 3 nitrogen and oxygen atoms in total. The van der Waals surface area contributed by atoms with Gasteiger partial charge in [-0.3, -0.25) is 4.79 Å². The van der Waals surface area contributed by atoms with Crippen LogP contribution in [0.3, 0.4) is 0 Å². The number of halogens is 1. The number of rotatable bonds is 3. The highest BCUT2D eigenvalue weighted by atomic mass is 35.5. The molecule has 0 spiro atoms. The van der Waals surface area contributed by atoms with Gasteiger partial charge >= 0.3 is 0 Å². The van der Waals surface area contributed by atoms with E-state index in [4.69, 9.17) is 11.6 Å². The van der Waals surface area contributed by atoms with Crippen LogP contribution in [-0.2, 0) is 4.79 Å². The van der Waals surface area contributed by atoms with Gasteiger partial charge in [0, 0.05) is 31.4 Å². The van der Waals surface area contributed by atoms with Crippen molar-refractivity contribution in [2.45, 2.75) is 44.6 Å². The van der Waals surface area contributed by atoms with E-state index in [1.165, 1.54) is 32.4 Å². The zero-order chi connectivity index (χ0) is 12.1. The van der Waals surface area contributed by atoms with Crippen LogP contribution < -0.4 is 0 Å². The highest BCUT2D eigenvalue weighted by molar-refractivity contribution is 6.18. The maximum Gasteiger partial charge on any atom is 0.223 e. The Morgan fingerprint density at radius 1 is 1.06 bits per heavy atom. The smallest absolute Gasteiger partial charge is 0.223 e. The average Bonchev–Trinajstić information content (AvgIpc) is 2.40. The second-order valence-corrected chi connectivity index (χ2v) is 5.53. The predicted octanol–water partition coefficient (Wildman–Crippen LogP) is 2.09. The van der Waals surface area contributed by atoms with Crippen molar-refractivity contribution in [2.75, 3.05) is 32.1 Å². The first kappa shape index (κ1) is 13.2. The molecule has 17 heavy (non-hydrogen) atoms. The highest BCUT2D eigenvalue weighted by Crippen LogP contribution is 2.21. The third-order valence-corrected chi connectivity index (χ3v) is 4.22. The molecule has 0 bridgehead atoms. The monoisotopic (exact) mass is 258 g/mol. The SMILES string of the molecule is O=C(CCCl)N1CCC(N2CCCCC2)CC1. The van der Waals surface area contributed by atoms with Crippen molar-refractivity contribution in [3.8, 4) is 0 Å². The zero-order valence-corrected chi connectivity index (χ0v) is 11.3. The number of likely N-dealkylation sites (tertiary alicyclic amines) is 2. The minimum Gasteiger partial charge on any atom is -0.343 e. The fourth-order valence-corrected chi connectivity index (χ4v) is 3.16. The lowest BCUT2D eigenvalue weighted by Gasteiger charge is -2.40. The van der Waals surface area contributed by atoms with Gasteiger partial charge in [-0.05, 0) is 38.8 Å². The van der Waals surface area contributed by atoms with E-state index in [0.717, 1.165) is 32.0 Å². The first-order chi connectivity index (χ1) is 8.31. The van der Waals surface area contributed by atoms with E-state index in [0.29, 0.717) is 12.3 Å². The summed E-state index contributed by atoms with van der Waals surface area (Å²) in [5.41, 5.74) is 0. The van der Waals surface area contributed by atoms with Gasteiger partial charge in [0.2, 0.25) is 5.91 Å².